The molecular weight excluding hydrogens is 509 g/mol. The Morgan fingerprint density at radius 3 is 2.67 bits per heavy atom. The second kappa shape index (κ2) is 8.78. The van der Waals surface area contributed by atoms with Crippen LogP contribution >= 0.6 is 0 Å². The van der Waals surface area contributed by atoms with Gasteiger partial charge >= 0.3 is 0 Å². The summed E-state index contributed by atoms with van der Waals surface area (Å²) < 4.78 is 24.5. The van der Waals surface area contributed by atoms with E-state index >= 15 is 4.39 Å². The van der Waals surface area contributed by atoms with Crippen LogP contribution in [-0.2, 0) is 0 Å². The number of benzene rings is 3. The second-order valence-corrected chi connectivity index (χ2v) is 11.6. The molecule has 0 radical (unpaired) electrons. The Labute approximate surface area is 230 Å². The van der Waals surface area contributed by atoms with E-state index in [0.29, 0.717) is 66.4 Å². The number of pyridine rings is 1. The third kappa shape index (κ3) is 3.50. The number of nitrogens with one attached hydrogen (secondary N) is 1. The molecule has 3 fully saturated rings. The van der Waals surface area contributed by atoms with Crippen LogP contribution in [0.4, 0.5) is 10.1 Å². The molecular formula is C31H30FN5O3. The van der Waals surface area contributed by atoms with E-state index in [1.165, 1.54) is 6.07 Å². The van der Waals surface area contributed by atoms with E-state index in [1.807, 2.05) is 41.0 Å². The molecule has 0 spiro atoms. The van der Waals surface area contributed by atoms with Crippen LogP contribution in [0.25, 0.3) is 27.4 Å². The number of anilines is 1. The first-order valence-electron chi connectivity index (χ1n) is 14.1. The van der Waals surface area contributed by atoms with Crippen LogP contribution in [0, 0.1) is 11.7 Å². The third-order valence-corrected chi connectivity index (χ3v) is 9.13. The van der Waals surface area contributed by atoms with Crippen molar-refractivity contribution >= 4 is 33.3 Å². The summed E-state index contributed by atoms with van der Waals surface area (Å²) in [5.41, 5.74) is 7.15. The van der Waals surface area contributed by atoms with E-state index in [4.69, 9.17) is 10.5 Å². The molecule has 8 nitrogen and oxygen atoms in total. The van der Waals surface area contributed by atoms with Crippen molar-refractivity contribution in [2.24, 2.45) is 11.7 Å². The molecule has 4 aliphatic heterocycles. The van der Waals surface area contributed by atoms with Crippen molar-refractivity contribution in [2.75, 3.05) is 37.6 Å². The zero-order chi connectivity index (χ0) is 27.1. The van der Waals surface area contributed by atoms with E-state index in [9.17, 15) is 9.59 Å². The van der Waals surface area contributed by atoms with Crippen molar-refractivity contribution in [3.8, 4) is 17.2 Å². The van der Waals surface area contributed by atoms with Gasteiger partial charge in [-0.3, -0.25) is 9.59 Å². The smallest absolute Gasteiger partial charge is 0.259 e. The van der Waals surface area contributed by atoms with Gasteiger partial charge in [-0.1, -0.05) is 24.3 Å². The number of piperidine rings is 1. The summed E-state index contributed by atoms with van der Waals surface area (Å²) in [7, 11) is 0. The number of likely N-dealkylation sites (tertiary alicyclic amines) is 1. The number of fused-ring (bicyclic) bond motifs is 4. The van der Waals surface area contributed by atoms with Gasteiger partial charge in [-0.15, -0.1) is 0 Å². The number of hydrogen-bond acceptors (Lipinski definition) is 6. The number of rotatable bonds is 2. The predicted octanol–water partition coefficient (Wildman–Crippen LogP) is 3.75. The van der Waals surface area contributed by atoms with Crippen molar-refractivity contribution in [2.45, 2.75) is 31.3 Å². The molecule has 3 saturated heterocycles. The first-order valence-corrected chi connectivity index (χ1v) is 14.1. The SMILES string of the molecule is NC1CCN(C(=O)c2cn3c4c(c(N5CC6CCCNC6C5)c(F)cc4c2=O)Oc2cc4ccccc4cc2-3)C1. The first kappa shape index (κ1) is 23.9. The summed E-state index contributed by atoms with van der Waals surface area (Å²) in [5, 5.41) is 5.70. The molecule has 204 valence electrons. The standard InChI is InChI=1S/C31H30FN5O3/c32-23-12-21-27-30(28(23)36-13-19-6-3-8-34-24(19)16-36)40-26-11-18-5-2-1-4-17(18)10-25(26)37(27)15-22(29(21)38)31(39)35-9-7-20(33)14-35/h1-2,4-5,10-12,15,19-20,24,34H,3,6-9,13-14,16,33H2. The Hall–Kier alpha value is -3.95. The Kier molecular flexibility index (Phi) is 5.24. The zero-order valence-corrected chi connectivity index (χ0v) is 22.0. The van der Waals surface area contributed by atoms with Gasteiger partial charge in [0, 0.05) is 44.5 Å². The van der Waals surface area contributed by atoms with Gasteiger partial charge in [-0.2, -0.15) is 0 Å². The Morgan fingerprint density at radius 1 is 1.07 bits per heavy atom. The number of carbonyl (C=O) groups excluding carboxylic acids is 1. The fraction of sp³-hybridized carbons (Fsp3) is 0.355. The largest absolute Gasteiger partial charge is 0.451 e. The average molecular weight is 540 g/mol. The van der Waals surface area contributed by atoms with Crippen molar-refractivity contribution in [1.82, 2.24) is 14.8 Å². The quantitative estimate of drug-likeness (QED) is 0.355. The fourth-order valence-electron chi connectivity index (χ4n) is 7.11. The fourth-order valence-corrected chi connectivity index (χ4v) is 7.11. The maximum absolute atomic E-state index is 16.1. The van der Waals surface area contributed by atoms with Gasteiger partial charge in [0.2, 0.25) is 5.43 Å². The van der Waals surface area contributed by atoms with Gasteiger partial charge in [0.05, 0.1) is 11.1 Å². The lowest BCUT2D eigenvalue weighted by molar-refractivity contribution is 0.0789. The van der Waals surface area contributed by atoms with Crippen LogP contribution in [0.2, 0.25) is 0 Å². The maximum atomic E-state index is 16.1. The number of ether oxygens (including phenoxy) is 1. The Morgan fingerprint density at radius 2 is 1.90 bits per heavy atom. The summed E-state index contributed by atoms with van der Waals surface area (Å²) in [6.45, 7) is 3.24. The lowest BCUT2D eigenvalue weighted by Crippen LogP contribution is -2.40. The highest BCUT2D eigenvalue weighted by Gasteiger charge is 2.39. The molecule has 5 heterocycles. The lowest BCUT2D eigenvalue weighted by Gasteiger charge is -2.30. The lowest BCUT2D eigenvalue weighted by atomic mass is 9.94. The summed E-state index contributed by atoms with van der Waals surface area (Å²) >= 11 is 0. The van der Waals surface area contributed by atoms with Crippen LogP contribution in [-0.4, -0.2) is 60.2 Å². The van der Waals surface area contributed by atoms with Gasteiger partial charge in [-0.05, 0) is 60.7 Å². The van der Waals surface area contributed by atoms with Gasteiger partial charge in [-0.25, -0.2) is 4.39 Å². The van der Waals surface area contributed by atoms with Gasteiger partial charge < -0.3 is 30.2 Å². The maximum Gasteiger partial charge on any atom is 0.259 e. The molecule has 0 bridgehead atoms. The molecule has 3 unspecified atom stereocenters. The molecule has 4 aromatic rings. The molecule has 3 atom stereocenters. The molecule has 0 aliphatic carbocycles. The van der Waals surface area contributed by atoms with E-state index in [-0.39, 0.29) is 22.9 Å². The topological polar surface area (TPSA) is 92.8 Å². The molecule has 1 aromatic heterocycles. The van der Waals surface area contributed by atoms with Crippen LogP contribution in [0.5, 0.6) is 11.5 Å². The van der Waals surface area contributed by atoms with E-state index in [2.05, 4.69) is 10.2 Å². The van der Waals surface area contributed by atoms with Gasteiger partial charge in [0.1, 0.15) is 16.8 Å². The summed E-state index contributed by atoms with van der Waals surface area (Å²) in [6, 6.07) is 13.4. The van der Waals surface area contributed by atoms with E-state index in [0.717, 1.165) is 36.7 Å². The van der Waals surface area contributed by atoms with Crippen molar-refractivity contribution in [3.63, 3.8) is 0 Å². The monoisotopic (exact) mass is 539 g/mol. The van der Waals surface area contributed by atoms with E-state index in [1.54, 1.807) is 11.1 Å². The minimum Gasteiger partial charge on any atom is -0.451 e. The van der Waals surface area contributed by atoms with Gasteiger partial charge in [0.25, 0.3) is 5.91 Å². The molecule has 3 N–H and O–H groups in total. The number of aromatic nitrogens is 1. The summed E-state index contributed by atoms with van der Waals surface area (Å²) in [4.78, 5) is 31.1. The molecule has 8 rings (SSSR count). The molecule has 9 heteroatoms. The van der Waals surface area contributed by atoms with Crippen LogP contribution in [0.1, 0.15) is 29.6 Å². The van der Waals surface area contributed by atoms with Crippen LogP contribution in [0.3, 0.4) is 0 Å². The van der Waals surface area contributed by atoms with Crippen LogP contribution < -0.4 is 26.1 Å². The number of hydrogen-bond donors (Lipinski definition) is 2. The zero-order valence-electron chi connectivity index (χ0n) is 22.0. The number of halogens is 1. The molecule has 1 amide bonds. The summed E-state index contributed by atoms with van der Waals surface area (Å²) in [5.74, 6) is 0.430. The van der Waals surface area contributed by atoms with Crippen molar-refractivity contribution in [1.29, 1.82) is 0 Å². The number of amides is 1. The normalized spacial score (nSPS) is 23.4. The highest BCUT2D eigenvalue weighted by molar-refractivity contribution is 6.02. The molecule has 4 aliphatic rings. The van der Waals surface area contributed by atoms with Crippen molar-refractivity contribution in [3.05, 3.63) is 70.3 Å². The molecule has 3 aromatic carbocycles. The average Bonchev–Trinajstić information content (AvgIpc) is 3.59. The van der Waals surface area contributed by atoms with Gasteiger partial charge in [0.15, 0.2) is 17.3 Å². The number of carbonyl (C=O) groups is 1. The predicted molar refractivity (Wildman–Crippen MR) is 152 cm³/mol. The number of nitrogens with zero attached hydrogens (tertiary/aromatic N) is 3. The Bertz CT molecular complexity index is 1770. The van der Waals surface area contributed by atoms with E-state index < -0.39 is 11.2 Å². The van der Waals surface area contributed by atoms with Crippen LogP contribution in [0.15, 0.2) is 53.5 Å². The minimum absolute atomic E-state index is 0.0112. The highest BCUT2D eigenvalue weighted by Crippen LogP contribution is 2.48. The molecule has 0 saturated carbocycles. The third-order valence-electron chi connectivity index (χ3n) is 9.13. The van der Waals surface area contributed by atoms with Crippen molar-refractivity contribution < 1.29 is 13.9 Å². The number of nitrogens with two attached hydrogens (primary N) is 1. The second-order valence-electron chi connectivity index (χ2n) is 11.6. The summed E-state index contributed by atoms with van der Waals surface area (Å²) in [6.07, 6.45) is 4.51. The highest BCUT2D eigenvalue weighted by atomic mass is 19.1. The molecule has 40 heavy (non-hydrogen) atoms. The minimum atomic E-state index is -0.512. The Balaban J connectivity index is 1.37. The first-order chi connectivity index (χ1) is 19.5.